The average Bonchev–Trinajstić information content (AvgIpc) is 2.76. The Morgan fingerprint density at radius 3 is 2.88 bits per heavy atom. The average molecular weight is 220 g/mol. The van der Waals surface area contributed by atoms with E-state index in [0.717, 1.165) is 32.2 Å². The SMILES string of the molecule is CN1CCO[C@H]2CN(c3ncccn3)C[C@@H]21. The Balaban J connectivity index is 1.77. The van der Waals surface area contributed by atoms with Gasteiger partial charge in [0, 0.05) is 32.0 Å². The van der Waals surface area contributed by atoms with Crippen LogP contribution in [0.1, 0.15) is 0 Å². The van der Waals surface area contributed by atoms with E-state index in [2.05, 4.69) is 26.8 Å². The number of rotatable bonds is 1. The molecule has 2 fully saturated rings. The molecule has 3 heterocycles. The van der Waals surface area contributed by atoms with E-state index >= 15 is 0 Å². The van der Waals surface area contributed by atoms with Crippen molar-refractivity contribution in [2.45, 2.75) is 12.1 Å². The number of likely N-dealkylation sites (N-methyl/N-ethyl adjacent to an activating group) is 1. The molecule has 16 heavy (non-hydrogen) atoms. The Kier molecular flexibility index (Phi) is 2.49. The van der Waals surface area contributed by atoms with Crippen LogP contribution in [0.5, 0.6) is 0 Å². The summed E-state index contributed by atoms with van der Waals surface area (Å²) in [6, 6.07) is 2.33. The van der Waals surface area contributed by atoms with Gasteiger partial charge in [-0.2, -0.15) is 0 Å². The summed E-state index contributed by atoms with van der Waals surface area (Å²) in [5.74, 6) is 0.814. The molecule has 0 radical (unpaired) electrons. The van der Waals surface area contributed by atoms with Crippen molar-refractivity contribution < 1.29 is 4.74 Å². The van der Waals surface area contributed by atoms with E-state index in [1.54, 1.807) is 12.4 Å². The molecule has 0 saturated carbocycles. The molecular weight excluding hydrogens is 204 g/mol. The third-order valence-corrected chi connectivity index (χ3v) is 3.41. The van der Waals surface area contributed by atoms with E-state index in [-0.39, 0.29) is 0 Å². The molecular formula is C11H16N4O. The maximum atomic E-state index is 5.79. The van der Waals surface area contributed by atoms with Crippen LogP contribution in [0.2, 0.25) is 0 Å². The number of fused-ring (bicyclic) bond motifs is 1. The molecule has 2 saturated heterocycles. The van der Waals surface area contributed by atoms with Crippen LogP contribution in [0.15, 0.2) is 18.5 Å². The summed E-state index contributed by atoms with van der Waals surface area (Å²) in [4.78, 5) is 13.1. The van der Waals surface area contributed by atoms with E-state index in [1.165, 1.54) is 0 Å². The highest BCUT2D eigenvalue weighted by molar-refractivity contribution is 5.32. The van der Waals surface area contributed by atoms with E-state index < -0.39 is 0 Å². The fourth-order valence-corrected chi connectivity index (χ4v) is 2.48. The topological polar surface area (TPSA) is 41.5 Å². The molecule has 0 spiro atoms. The minimum atomic E-state index is 0.308. The van der Waals surface area contributed by atoms with Crippen molar-refractivity contribution in [1.29, 1.82) is 0 Å². The number of morpholine rings is 1. The molecule has 1 aromatic heterocycles. The van der Waals surface area contributed by atoms with Gasteiger partial charge in [0.2, 0.25) is 5.95 Å². The van der Waals surface area contributed by atoms with E-state index in [4.69, 9.17) is 4.74 Å². The van der Waals surface area contributed by atoms with Crippen LogP contribution >= 0.6 is 0 Å². The maximum Gasteiger partial charge on any atom is 0.225 e. The second-order valence-corrected chi connectivity index (χ2v) is 4.41. The van der Waals surface area contributed by atoms with Crippen molar-refractivity contribution in [1.82, 2.24) is 14.9 Å². The van der Waals surface area contributed by atoms with Crippen molar-refractivity contribution in [3.05, 3.63) is 18.5 Å². The molecule has 5 heteroatoms. The Bertz CT molecular complexity index is 358. The zero-order valence-corrected chi connectivity index (χ0v) is 9.41. The van der Waals surface area contributed by atoms with Crippen molar-refractivity contribution in [2.75, 3.05) is 38.2 Å². The Labute approximate surface area is 95.0 Å². The second kappa shape index (κ2) is 3.99. The lowest BCUT2D eigenvalue weighted by molar-refractivity contribution is -0.0362. The van der Waals surface area contributed by atoms with Gasteiger partial charge in [-0.1, -0.05) is 0 Å². The van der Waals surface area contributed by atoms with Gasteiger partial charge in [0.05, 0.1) is 18.8 Å². The fraction of sp³-hybridized carbons (Fsp3) is 0.636. The third-order valence-electron chi connectivity index (χ3n) is 3.41. The van der Waals surface area contributed by atoms with Gasteiger partial charge in [-0.3, -0.25) is 4.90 Å². The molecule has 0 unspecified atom stereocenters. The monoisotopic (exact) mass is 220 g/mol. The van der Waals surface area contributed by atoms with Gasteiger partial charge in [-0.25, -0.2) is 9.97 Å². The first-order valence-corrected chi connectivity index (χ1v) is 5.68. The van der Waals surface area contributed by atoms with Crippen molar-refractivity contribution >= 4 is 5.95 Å². The number of hydrogen-bond acceptors (Lipinski definition) is 5. The van der Waals surface area contributed by atoms with Crippen molar-refractivity contribution in [3.8, 4) is 0 Å². The molecule has 0 bridgehead atoms. The molecule has 2 atom stereocenters. The lowest BCUT2D eigenvalue weighted by atomic mass is 10.1. The summed E-state index contributed by atoms with van der Waals surface area (Å²) >= 11 is 0. The van der Waals surface area contributed by atoms with E-state index in [0.29, 0.717) is 12.1 Å². The molecule has 2 aliphatic heterocycles. The van der Waals surface area contributed by atoms with Gasteiger partial charge >= 0.3 is 0 Å². The molecule has 0 aromatic carbocycles. The molecule has 0 aliphatic carbocycles. The first-order valence-electron chi connectivity index (χ1n) is 5.68. The van der Waals surface area contributed by atoms with Crippen LogP contribution in [0.4, 0.5) is 5.95 Å². The normalized spacial score (nSPS) is 30.4. The van der Waals surface area contributed by atoms with Crippen LogP contribution < -0.4 is 4.90 Å². The standard InChI is InChI=1S/C11H16N4O/c1-14-5-6-16-10-8-15(7-9(10)14)11-12-3-2-4-13-11/h2-4,9-10H,5-8H2,1H3/t9-,10-/m0/s1. The van der Waals surface area contributed by atoms with Crippen LogP contribution in [0.3, 0.4) is 0 Å². The number of hydrogen-bond donors (Lipinski definition) is 0. The highest BCUT2D eigenvalue weighted by Gasteiger charge is 2.39. The number of anilines is 1. The summed E-state index contributed by atoms with van der Waals surface area (Å²) in [7, 11) is 2.16. The predicted molar refractivity (Wildman–Crippen MR) is 60.4 cm³/mol. The van der Waals surface area contributed by atoms with Crippen LogP contribution in [-0.2, 0) is 4.74 Å². The van der Waals surface area contributed by atoms with Crippen LogP contribution in [-0.4, -0.2) is 60.3 Å². The first kappa shape index (κ1) is 9.99. The lowest BCUT2D eigenvalue weighted by Gasteiger charge is -2.33. The summed E-state index contributed by atoms with van der Waals surface area (Å²) in [6.07, 6.45) is 3.88. The third kappa shape index (κ3) is 1.66. The summed E-state index contributed by atoms with van der Waals surface area (Å²) in [5, 5.41) is 0. The summed E-state index contributed by atoms with van der Waals surface area (Å²) in [5.41, 5.74) is 0. The lowest BCUT2D eigenvalue weighted by Crippen LogP contribution is -2.48. The van der Waals surface area contributed by atoms with Gasteiger partial charge in [-0.15, -0.1) is 0 Å². The second-order valence-electron chi connectivity index (χ2n) is 4.41. The summed E-state index contributed by atoms with van der Waals surface area (Å²) in [6.45, 7) is 3.72. The zero-order chi connectivity index (χ0) is 11.0. The Morgan fingerprint density at radius 2 is 2.12 bits per heavy atom. The highest BCUT2D eigenvalue weighted by Crippen LogP contribution is 2.23. The molecule has 86 valence electrons. The number of ether oxygens (including phenoxy) is 1. The largest absolute Gasteiger partial charge is 0.373 e. The van der Waals surface area contributed by atoms with E-state index in [9.17, 15) is 0 Å². The first-order chi connectivity index (χ1) is 7.84. The number of aromatic nitrogens is 2. The maximum absolute atomic E-state index is 5.79. The van der Waals surface area contributed by atoms with Crippen LogP contribution in [0.25, 0.3) is 0 Å². The van der Waals surface area contributed by atoms with Crippen molar-refractivity contribution in [3.63, 3.8) is 0 Å². The smallest absolute Gasteiger partial charge is 0.225 e. The molecule has 2 aliphatic rings. The predicted octanol–water partition coefficient (Wildman–Crippen LogP) is -0.00420. The summed E-state index contributed by atoms with van der Waals surface area (Å²) < 4.78 is 5.79. The van der Waals surface area contributed by atoms with Crippen LogP contribution in [0, 0.1) is 0 Å². The Hall–Kier alpha value is -1.20. The van der Waals surface area contributed by atoms with Crippen molar-refractivity contribution in [2.24, 2.45) is 0 Å². The quantitative estimate of drug-likeness (QED) is 0.666. The minimum absolute atomic E-state index is 0.308. The van der Waals surface area contributed by atoms with Gasteiger partial charge < -0.3 is 9.64 Å². The highest BCUT2D eigenvalue weighted by atomic mass is 16.5. The van der Waals surface area contributed by atoms with Gasteiger partial charge in [0.25, 0.3) is 0 Å². The van der Waals surface area contributed by atoms with E-state index in [1.807, 2.05) is 6.07 Å². The minimum Gasteiger partial charge on any atom is -0.373 e. The number of nitrogens with zero attached hydrogens (tertiary/aromatic N) is 4. The molecule has 0 N–H and O–H groups in total. The van der Waals surface area contributed by atoms with Gasteiger partial charge in [0.15, 0.2) is 0 Å². The Morgan fingerprint density at radius 1 is 1.31 bits per heavy atom. The molecule has 5 nitrogen and oxygen atoms in total. The molecule has 1 aromatic rings. The zero-order valence-electron chi connectivity index (χ0n) is 9.41. The molecule has 3 rings (SSSR count). The molecule has 0 amide bonds. The van der Waals surface area contributed by atoms with Gasteiger partial charge in [0.1, 0.15) is 0 Å². The fourth-order valence-electron chi connectivity index (χ4n) is 2.48. The van der Waals surface area contributed by atoms with Gasteiger partial charge in [-0.05, 0) is 13.1 Å².